The Bertz CT molecular complexity index is 864. The summed E-state index contributed by atoms with van der Waals surface area (Å²) in [7, 11) is 0. The highest BCUT2D eigenvalue weighted by atomic mass is 16.5. The monoisotopic (exact) mass is 317 g/mol. The van der Waals surface area contributed by atoms with E-state index in [0.29, 0.717) is 12.3 Å². The number of ether oxygens (including phenoxy) is 1. The Balaban J connectivity index is 1.72. The second-order valence-electron chi connectivity index (χ2n) is 6.19. The molecule has 1 spiro atoms. The van der Waals surface area contributed by atoms with E-state index in [4.69, 9.17) is 4.74 Å². The minimum absolute atomic E-state index is 0.0187. The second kappa shape index (κ2) is 5.38. The first-order valence-corrected chi connectivity index (χ1v) is 8.22. The summed E-state index contributed by atoms with van der Waals surface area (Å²) in [6.45, 7) is 4.67. The van der Waals surface area contributed by atoms with Gasteiger partial charge < -0.3 is 9.64 Å². The van der Waals surface area contributed by atoms with Crippen LogP contribution in [0.3, 0.4) is 0 Å². The van der Waals surface area contributed by atoms with Crippen LogP contribution in [0.1, 0.15) is 23.6 Å². The number of benzene rings is 2. The number of carbonyl (C=O) groups excluding carboxylic acids is 1. The summed E-state index contributed by atoms with van der Waals surface area (Å²) in [4.78, 5) is 14.8. The van der Waals surface area contributed by atoms with Crippen LogP contribution < -0.4 is 4.90 Å². The molecular formula is C21H19NO2. The molecule has 2 aromatic carbocycles. The number of anilines is 1. The molecule has 0 aromatic heterocycles. The van der Waals surface area contributed by atoms with Crippen LogP contribution in [-0.4, -0.2) is 12.5 Å². The molecule has 2 aliphatic rings. The maximum absolute atomic E-state index is 13.0. The van der Waals surface area contributed by atoms with Gasteiger partial charge in [0.25, 0.3) is 5.91 Å². The average Bonchev–Trinajstić information content (AvgIpc) is 3.12. The van der Waals surface area contributed by atoms with Crippen molar-refractivity contribution in [2.75, 3.05) is 11.4 Å². The van der Waals surface area contributed by atoms with Gasteiger partial charge in [-0.25, -0.2) is 0 Å². The number of carbonyl (C=O) groups is 1. The van der Waals surface area contributed by atoms with Crippen LogP contribution in [0.15, 0.2) is 66.4 Å². The van der Waals surface area contributed by atoms with Gasteiger partial charge in [0.05, 0.1) is 5.69 Å². The van der Waals surface area contributed by atoms with E-state index in [1.165, 1.54) is 5.56 Å². The first-order valence-electron chi connectivity index (χ1n) is 8.22. The van der Waals surface area contributed by atoms with Crippen molar-refractivity contribution in [2.45, 2.75) is 19.4 Å². The lowest BCUT2D eigenvalue weighted by molar-refractivity contribution is -0.131. The van der Waals surface area contributed by atoms with E-state index >= 15 is 0 Å². The number of allylic oxidation sites excluding steroid dienone is 1. The predicted molar refractivity (Wildman–Crippen MR) is 95.5 cm³/mol. The number of amides is 1. The number of para-hydroxylation sites is 1. The number of aryl methyl sites for hydroxylation is 1. The minimum atomic E-state index is -1.01. The summed E-state index contributed by atoms with van der Waals surface area (Å²) in [5.41, 5.74) is 3.12. The first-order chi connectivity index (χ1) is 11.6. The molecular weight excluding hydrogens is 298 g/mol. The molecule has 2 heterocycles. The standard InChI is InChI=1S/C21H19NO2/c1-3-22-19-7-5-4-6-18(19)21(20(22)23)13-12-17(24-21)14-16-10-8-15(2)9-11-16/h4-14H,3H2,1-2H3/b17-14-. The Morgan fingerprint density at radius 1 is 1.12 bits per heavy atom. The van der Waals surface area contributed by atoms with Gasteiger partial charge in [-0.05, 0) is 43.7 Å². The van der Waals surface area contributed by atoms with E-state index < -0.39 is 5.60 Å². The van der Waals surface area contributed by atoms with Crippen molar-refractivity contribution in [3.63, 3.8) is 0 Å². The van der Waals surface area contributed by atoms with Gasteiger partial charge in [0.2, 0.25) is 5.60 Å². The zero-order chi connectivity index (χ0) is 16.7. The summed E-state index contributed by atoms with van der Waals surface area (Å²) < 4.78 is 6.17. The van der Waals surface area contributed by atoms with E-state index in [0.717, 1.165) is 16.8 Å². The van der Waals surface area contributed by atoms with Crippen molar-refractivity contribution in [1.82, 2.24) is 0 Å². The smallest absolute Gasteiger partial charge is 0.280 e. The van der Waals surface area contributed by atoms with Crippen LogP contribution in [0.4, 0.5) is 5.69 Å². The molecule has 3 heteroatoms. The highest BCUT2D eigenvalue weighted by molar-refractivity contribution is 6.09. The topological polar surface area (TPSA) is 29.5 Å². The quantitative estimate of drug-likeness (QED) is 0.831. The Kier molecular flexibility index (Phi) is 3.31. The molecule has 0 saturated heterocycles. The molecule has 3 nitrogen and oxygen atoms in total. The van der Waals surface area contributed by atoms with E-state index in [1.54, 1.807) is 4.90 Å². The average molecular weight is 317 g/mol. The largest absolute Gasteiger partial charge is 0.468 e. The highest BCUT2D eigenvalue weighted by Gasteiger charge is 2.53. The summed E-state index contributed by atoms with van der Waals surface area (Å²) >= 11 is 0. The fourth-order valence-corrected chi connectivity index (χ4v) is 3.38. The van der Waals surface area contributed by atoms with Crippen LogP contribution in [0, 0.1) is 6.92 Å². The molecule has 24 heavy (non-hydrogen) atoms. The van der Waals surface area contributed by atoms with Gasteiger partial charge in [-0.1, -0.05) is 48.0 Å². The summed E-state index contributed by atoms with van der Waals surface area (Å²) in [5, 5.41) is 0. The molecule has 120 valence electrons. The third kappa shape index (κ3) is 2.08. The van der Waals surface area contributed by atoms with Gasteiger partial charge in [-0.15, -0.1) is 0 Å². The number of rotatable bonds is 2. The lowest BCUT2D eigenvalue weighted by Crippen LogP contribution is -2.39. The summed E-state index contributed by atoms with van der Waals surface area (Å²) in [5.74, 6) is 0.690. The van der Waals surface area contributed by atoms with Gasteiger partial charge in [0.1, 0.15) is 5.76 Å². The molecule has 2 aliphatic heterocycles. The Hall–Kier alpha value is -2.81. The highest BCUT2D eigenvalue weighted by Crippen LogP contribution is 2.47. The van der Waals surface area contributed by atoms with Crippen LogP contribution >= 0.6 is 0 Å². The zero-order valence-electron chi connectivity index (χ0n) is 13.8. The third-order valence-corrected chi connectivity index (χ3v) is 4.62. The van der Waals surface area contributed by atoms with Gasteiger partial charge in [0.15, 0.2) is 0 Å². The maximum atomic E-state index is 13.0. The molecule has 1 amide bonds. The van der Waals surface area contributed by atoms with Gasteiger partial charge in [0, 0.05) is 12.1 Å². The Morgan fingerprint density at radius 3 is 2.62 bits per heavy atom. The van der Waals surface area contributed by atoms with Crippen LogP contribution in [0.25, 0.3) is 6.08 Å². The van der Waals surface area contributed by atoms with Crippen molar-refractivity contribution in [2.24, 2.45) is 0 Å². The molecule has 0 N–H and O–H groups in total. The predicted octanol–water partition coefficient (Wildman–Crippen LogP) is 4.18. The fourth-order valence-electron chi connectivity index (χ4n) is 3.38. The van der Waals surface area contributed by atoms with Crippen molar-refractivity contribution < 1.29 is 9.53 Å². The number of hydrogen-bond donors (Lipinski definition) is 0. The number of nitrogens with zero attached hydrogens (tertiary/aromatic N) is 1. The van der Waals surface area contributed by atoms with Crippen LogP contribution in [0.2, 0.25) is 0 Å². The number of hydrogen-bond acceptors (Lipinski definition) is 2. The van der Waals surface area contributed by atoms with E-state index in [2.05, 4.69) is 19.1 Å². The summed E-state index contributed by atoms with van der Waals surface area (Å²) in [6.07, 6.45) is 5.74. The maximum Gasteiger partial charge on any atom is 0.280 e. The molecule has 1 unspecified atom stereocenters. The molecule has 1 atom stereocenters. The third-order valence-electron chi connectivity index (χ3n) is 4.62. The van der Waals surface area contributed by atoms with Crippen LogP contribution in [0.5, 0.6) is 0 Å². The number of fused-ring (bicyclic) bond motifs is 2. The molecule has 0 aliphatic carbocycles. The van der Waals surface area contributed by atoms with E-state index in [9.17, 15) is 4.79 Å². The normalized spacial score (nSPS) is 23.2. The second-order valence-corrected chi connectivity index (χ2v) is 6.19. The van der Waals surface area contributed by atoms with E-state index in [-0.39, 0.29) is 5.91 Å². The lowest BCUT2D eigenvalue weighted by Gasteiger charge is -2.22. The van der Waals surface area contributed by atoms with Crippen molar-refractivity contribution >= 4 is 17.7 Å². The lowest BCUT2D eigenvalue weighted by atomic mass is 9.96. The van der Waals surface area contributed by atoms with Gasteiger partial charge in [-0.3, -0.25) is 4.79 Å². The SMILES string of the molecule is CCN1C(=O)C2(C=C/C(=C/c3ccc(C)cc3)O2)c2ccccc21. The molecule has 0 fully saturated rings. The van der Waals surface area contributed by atoms with Crippen LogP contribution in [-0.2, 0) is 15.1 Å². The first kappa shape index (κ1) is 14.8. The number of likely N-dealkylation sites (N-methyl/N-ethyl adjacent to an activating group) is 1. The minimum Gasteiger partial charge on any atom is -0.468 e. The van der Waals surface area contributed by atoms with Crippen molar-refractivity contribution in [1.29, 1.82) is 0 Å². The molecule has 0 saturated carbocycles. The zero-order valence-corrected chi connectivity index (χ0v) is 13.8. The fraction of sp³-hybridized carbons (Fsp3) is 0.190. The molecule has 0 radical (unpaired) electrons. The molecule has 4 rings (SSSR count). The van der Waals surface area contributed by atoms with Gasteiger partial charge in [-0.2, -0.15) is 0 Å². The van der Waals surface area contributed by atoms with Crippen molar-refractivity contribution in [3.8, 4) is 0 Å². The molecule has 2 aromatic rings. The Morgan fingerprint density at radius 2 is 1.88 bits per heavy atom. The summed E-state index contributed by atoms with van der Waals surface area (Å²) in [6, 6.07) is 16.1. The van der Waals surface area contributed by atoms with Crippen molar-refractivity contribution in [3.05, 3.63) is 83.1 Å². The molecule has 0 bridgehead atoms. The van der Waals surface area contributed by atoms with Gasteiger partial charge >= 0.3 is 0 Å². The Labute approximate surface area is 141 Å². The van der Waals surface area contributed by atoms with E-state index in [1.807, 2.05) is 61.5 Å².